The van der Waals surface area contributed by atoms with Gasteiger partial charge in [0.25, 0.3) is 5.89 Å². The zero-order valence-electron chi connectivity index (χ0n) is 9.86. The molecule has 1 heterocycles. The van der Waals surface area contributed by atoms with Gasteiger partial charge in [-0.2, -0.15) is 4.98 Å². The maximum absolute atomic E-state index is 13.6. The van der Waals surface area contributed by atoms with E-state index in [1.807, 2.05) is 6.92 Å². The van der Waals surface area contributed by atoms with Crippen LogP contribution in [0.15, 0.2) is 22.7 Å². The molecule has 0 saturated heterocycles. The Morgan fingerprint density at radius 1 is 1.50 bits per heavy atom. The third-order valence-electron chi connectivity index (χ3n) is 2.61. The van der Waals surface area contributed by atoms with Crippen LogP contribution in [0.1, 0.15) is 19.2 Å². The van der Waals surface area contributed by atoms with Gasteiger partial charge in [-0.3, -0.25) is 0 Å². The van der Waals surface area contributed by atoms with Crippen LogP contribution in [-0.2, 0) is 6.42 Å². The minimum Gasteiger partial charge on any atom is -0.334 e. The Balaban J connectivity index is 2.30. The van der Waals surface area contributed by atoms with Crippen molar-refractivity contribution < 1.29 is 8.91 Å². The molecule has 0 amide bonds. The van der Waals surface area contributed by atoms with Crippen LogP contribution < -0.4 is 5.73 Å². The van der Waals surface area contributed by atoms with Crippen molar-refractivity contribution in [2.75, 3.05) is 0 Å². The van der Waals surface area contributed by atoms with Gasteiger partial charge in [0, 0.05) is 12.5 Å². The molecule has 0 aliphatic heterocycles. The normalized spacial score (nSPS) is 12.7. The van der Waals surface area contributed by atoms with Gasteiger partial charge in [0.15, 0.2) is 5.82 Å². The number of rotatable bonds is 4. The van der Waals surface area contributed by atoms with Crippen molar-refractivity contribution in [2.45, 2.75) is 25.8 Å². The van der Waals surface area contributed by atoms with Crippen LogP contribution in [0.4, 0.5) is 4.39 Å². The number of benzene rings is 1. The van der Waals surface area contributed by atoms with E-state index >= 15 is 0 Å². The maximum atomic E-state index is 13.6. The highest BCUT2D eigenvalue weighted by Gasteiger charge is 2.17. The monoisotopic (exact) mass is 269 g/mol. The van der Waals surface area contributed by atoms with Gasteiger partial charge in [-0.1, -0.05) is 29.7 Å². The summed E-state index contributed by atoms with van der Waals surface area (Å²) in [7, 11) is 0. The summed E-state index contributed by atoms with van der Waals surface area (Å²) in [5.74, 6) is 0.0487. The minimum atomic E-state index is -0.488. The van der Waals surface area contributed by atoms with Gasteiger partial charge in [0.1, 0.15) is 5.82 Å². The Kier molecular flexibility index (Phi) is 3.93. The molecule has 1 unspecified atom stereocenters. The van der Waals surface area contributed by atoms with E-state index in [0.29, 0.717) is 12.2 Å². The first-order valence-corrected chi connectivity index (χ1v) is 6.02. The summed E-state index contributed by atoms with van der Waals surface area (Å²) < 4.78 is 18.7. The molecule has 0 radical (unpaired) electrons. The van der Waals surface area contributed by atoms with Crippen molar-refractivity contribution in [2.24, 2.45) is 5.73 Å². The second-order valence-electron chi connectivity index (χ2n) is 3.98. The number of halogens is 2. The Hall–Kier alpha value is -1.46. The molecule has 0 fully saturated rings. The van der Waals surface area contributed by atoms with Crippen LogP contribution in [0.25, 0.3) is 11.5 Å². The van der Waals surface area contributed by atoms with Gasteiger partial charge in [-0.25, -0.2) is 4.39 Å². The van der Waals surface area contributed by atoms with E-state index in [0.717, 1.165) is 6.42 Å². The van der Waals surface area contributed by atoms with Gasteiger partial charge in [0.2, 0.25) is 0 Å². The van der Waals surface area contributed by atoms with E-state index in [9.17, 15) is 4.39 Å². The molecule has 0 saturated carbocycles. The number of hydrogen-bond acceptors (Lipinski definition) is 4. The van der Waals surface area contributed by atoms with Crippen molar-refractivity contribution in [3.63, 3.8) is 0 Å². The van der Waals surface area contributed by atoms with Gasteiger partial charge in [-0.15, -0.1) is 0 Å². The predicted molar refractivity (Wildman–Crippen MR) is 66.7 cm³/mol. The predicted octanol–water partition coefficient (Wildman–Crippen LogP) is 2.81. The molecule has 1 aromatic heterocycles. The van der Waals surface area contributed by atoms with E-state index in [-0.39, 0.29) is 22.5 Å². The largest absolute Gasteiger partial charge is 0.334 e. The lowest BCUT2D eigenvalue weighted by atomic mass is 10.1. The van der Waals surface area contributed by atoms with Gasteiger partial charge in [-0.05, 0) is 18.6 Å². The average molecular weight is 270 g/mol. The summed E-state index contributed by atoms with van der Waals surface area (Å²) in [5.41, 5.74) is 5.92. The highest BCUT2D eigenvalue weighted by atomic mass is 35.5. The van der Waals surface area contributed by atoms with E-state index in [4.69, 9.17) is 21.9 Å². The van der Waals surface area contributed by atoms with Crippen LogP contribution in [0.3, 0.4) is 0 Å². The molecule has 2 aromatic rings. The molecule has 2 rings (SSSR count). The second kappa shape index (κ2) is 5.46. The summed E-state index contributed by atoms with van der Waals surface area (Å²) in [4.78, 5) is 4.11. The molecule has 96 valence electrons. The smallest absolute Gasteiger partial charge is 0.262 e. The molecule has 2 N–H and O–H groups in total. The first kappa shape index (κ1) is 13.0. The SMILES string of the molecule is CCC(N)Cc1noc(-c2c(F)cccc2Cl)n1. The molecule has 1 atom stereocenters. The third kappa shape index (κ3) is 2.68. The van der Waals surface area contributed by atoms with Crippen molar-refractivity contribution in [3.05, 3.63) is 34.9 Å². The Morgan fingerprint density at radius 3 is 2.94 bits per heavy atom. The molecule has 6 heteroatoms. The summed E-state index contributed by atoms with van der Waals surface area (Å²) in [6.07, 6.45) is 1.30. The van der Waals surface area contributed by atoms with E-state index < -0.39 is 5.82 Å². The number of aromatic nitrogens is 2. The zero-order valence-corrected chi connectivity index (χ0v) is 10.6. The highest BCUT2D eigenvalue weighted by Crippen LogP contribution is 2.29. The third-order valence-corrected chi connectivity index (χ3v) is 2.93. The lowest BCUT2D eigenvalue weighted by Gasteiger charge is -2.02. The maximum Gasteiger partial charge on any atom is 0.262 e. The summed E-state index contributed by atoms with van der Waals surface area (Å²) in [6.45, 7) is 1.97. The summed E-state index contributed by atoms with van der Waals surface area (Å²) in [6, 6.07) is 4.35. The van der Waals surface area contributed by atoms with Gasteiger partial charge in [0.05, 0.1) is 10.6 Å². The van der Waals surface area contributed by atoms with Crippen LogP contribution in [-0.4, -0.2) is 16.2 Å². The zero-order chi connectivity index (χ0) is 13.1. The van der Waals surface area contributed by atoms with Crippen molar-refractivity contribution in [3.8, 4) is 11.5 Å². The Morgan fingerprint density at radius 2 is 2.28 bits per heavy atom. The van der Waals surface area contributed by atoms with E-state index in [1.54, 1.807) is 6.07 Å². The topological polar surface area (TPSA) is 64.9 Å². The Bertz CT molecular complexity index is 524. The Labute approximate surface area is 109 Å². The number of hydrogen-bond donors (Lipinski definition) is 1. The fourth-order valence-electron chi connectivity index (χ4n) is 1.52. The number of nitrogens with zero attached hydrogens (tertiary/aromatic N) is 2. The van der Waals surface area contributed by atoms with E-state index in [1.165, 1.54) is 12.1 Å². The standard InChI is InChI=1S/C12H13ClFN3O/c1-2-7(15)6-10-16-12(18-17-10)11-8(13)4-3-5-9(11)14/h3-5,7H,2,6,15H2,1H3. The molecular formula is C12H13ClFN3O. The fourth-order valence-corrected chi connectivity index (χ4v) is 1.76. The van der Waals surface area contributed by atoms with Crippen LogP contribution in [0.2, 0.25) is 5.02 Å². The molecule has 4 nitrogen and oxygen atoms in total. The van der Waals surface area contributed by atoms with Crippen molar-refractivity contribution in [1.29, 1.82) is 0 Å². The van der Waals surface area contributed by atoms with E-state index in [2.05, 4.69) is 10.1 Å². The first-order chi connectivity index (χ1) is 8.61. The van der Waals surface area contributed by atoms with Crippen LogP contribution in [0.5, 0.6) is 0 Å². The summed E-state index contributed by atoms with van der Waals surface area (Å²) >= 11 is 5.91. The fraction of sp³-hybridized carbons (Fsp3) is 0.333. The molecule has 0 spiro atoms. The molecule has 0 aliphatic rings. The number of nitrogens with two attached hydrogens (primary N) is 1. The van der Waals surface area contributed by atoms with Crippen LogP contribution >= 0.6 is 11.6 Å². The first-order valence-electron chi connectivity index (χ1n) is 5.64. The van der Waals surface area contributed by atoms with Crippen LogP contribution in [0, 0.1) is 5.82 Å². The molecular weight excluding hydrogens is 257 g/mol. The minimum absolute atomic E-state index is 0.0356. The van der Waals surface area contributed by atoms with Gasteiger partial charge >= 0.3 is 0 Å². The van der Waals surface area contributed by atoms with Crippen molar-refractivity contribution in [1.82, 2.24) is 10.1 Å². The highest BCUT2D eigenvalue weighted by molar-refractivity contribution is 6.33. The molecule has 0 aliphatic carbocycles. The second-order valence-corrected chi connectivity index (χ2v) is 4.39. The molecule has 0 bridgehead atoms. The quantitative estimate of drug-likeness (QED) is 0.927. The lowest BCUT2D eigenvalue weighted by molar-refractivity contribution is 0.417. The lowest BCUT2D eigenvalue weighted by Crippen LogP contribution is -2.21. The van der Waals surface area contributed by atoms with Gasteiger partial charge < -0.3 is 10.3 Å². The summed E-state index contributed by atoms with van der Waals surface area (Å²) in [5, 5.41) is 4.01. The van der Waals surface area contributed by atoms with Crippen molar-refractivity contribution >= 4 is 11.6 Å². The molecule has 1 aromatic carbocycles. The average Bonchev–Trinajstić information content (AvgIpc) is 2.77. The molecule has 18 heavy (non-hydrogen) atoms.